The van der Waals surface area contributed by atoms with Crippen LogP contribution in [0.5, 0.6) is 0 Å². The molecule has 0 radical (unpaired) electrons. The Morgan fingerprint density at radius 1 is 0.906 bits per heavy atom. The molecule has 0 fully saturated rings. The first-order chi connectivity index (χ1) is 15.2. The van der Waals surface area contributed by atoms with Crippen LogP contribution in [0.15, 0.2) is 66.7 Å². The Morgan fingerprint density at radius 2 is 1.59 bits per heavy atom. The second-order valence-corrected chi connectivity index (χ2v) is 8.12. The summed E-state index contributed by atoms with van der Waals surface area (Å²) in [7, 11) is 0. The summed E-state index contributed by atoms with van der Waals surface area (Å²) in [5.41, 5.74) is 3.80. The number of aromatic nitrogens is 3. The van der Waals surface area contributed by atoms with Gasteiger partial charge in [-0.15, -0.1) is 0 Å². The van der Waals surface area contributed by atoms with Gasteiger partial charge < -0.3 is 4.98 Å². The van der Waals surface area contributed by atoms with E-state index in [4.69, 9.17) is 5.10 Å². The number of nitrogens with one attached hydrogen (secondary N) is 1. The third-order valence-electron chi connectivity index (χ3n) is 5.67. The topological polar surface area (TPSA) is 33.6 Å². The highest BCUT2D eigenvalue weighted by molar-refractivity contribution is 6.13. The standard InChI is InChI=1S/C25H19F4N3/c1-14(2)16-5-12-21-20(13-16)22-23(15-3-6-17(7-4-15)25(27,28)29)31-32(24(22)30-21)19-10-8-18(26)9-11-19/h3-14,30H,1-2H3. The Hall–Kier alpha value is -3.61. The van der Waals surface area contributed by atoms with Gasteiger partial charge in [0.05, 0.1) is 16.6 Å². The fourth-order valence-corrected chi connectivity index (χ4v) is 3.94. The number of alkyl halides is 3. The molecule has 0 bridgehead atoms. The van der Waals surface area contributed by atoms with Crippen molar-refractivity contribution in [3.8, 4) is 16.9 Å². The summed E-state index contributed by atoms with van der Waals surface area (Å²) < 4.78 is 54.3. The maximum atomic E-state index is 13.5. The molecule has 0 amide bonds. The molecule has 5 aromatic rings. The molecule has 3 nitrogen and oxygen atoms in total. The summed E-state index contributed by atoms with van der Waals surface area (Å²) in [4.78, 5) is 3.38. The summed E-state index contributed by atoms with van der Waals surface area (Å²) in [6.45, 7) is 4.20. The van der Waals surface area contributed by atoms with Crippen LogP contribution < -0.4 is 0 Å². The van der Waals surface area contributed by atoms with Gasteiger partial charge in [-0.1, -0.05) is 32.0 Å². The van der Waals surface area contributed by atoms with Gasteiger partial charge in [-0.3, -0.25) is 0 Å². The molecule has 162 valence electrons. The molecule has 2 aromatic heterocycles. The molecule has 3 aromatic carbocycles. The fraction of sp³-hybridized carbons (Fsp3) is 0.160. The summed E-state index contributed by atoms with van der Waals surface area (Å²) >= 11 is 0. The van der Waals surface area contributed by atoms with Crippen molar-refractivity contribution in [2.45, 2.75) is 25.9 Å². The Balaban J connectivity index is 1.79. The predicted molar refractivity (Wildman–Crippen MR) is 117 cm³/mol. The van der Waals surface area contributed by atoms with Gasteiger partial charge in [-0.2, -0.15) is 18.3 Å². The SMILES string of the molecule is CC(C)c1ccc2[nH]c3c(c(-c4ccc(C(F)(F)F)cc4)nn3-c3ccc(F)cc3)c2c1. The molecule has 1 N–H and O–H groups in total. The van der Waals surface area contributed by atoms with E-state index in [1.807, 2.05) is 6.07 Å². The summed E-state index contributed by atoms with van der Waals surface area (Å²) in [5.74, 6) is -0.0515. The maximum absolute atomic E-state index is 13.5. The molecular weight excluding hydrogens is 418 g/mol. The molecule has 0 unspecified atom stereocenters. The predicted octanol–water partition coefficient (Wildman–Crippen LogP) is 7.46. The largest absolute Gasteiger partial charge is 0.416 e. The molecule has 0 aliphatic rings. The number of aromatic amines is 1. The van der Waals surface area contributed by atoms with E-state index in [1.54, 1.807) is 16.8 Å². The van der Waals surface area contributed by atoms with E-state index >= 15 is 0 Å². The summed E-state index contributed by atoms with van der Waals surface area (Å²) in [6.07, 6.45) is -4.41. The zero-order valence-electron chi connectivity index (χ0n) is 17.3. The summed E-state index contributed by atoms with van der Waals surface area (Å²) in [6, 6.07) is 17.1. The van der Waals surface area contributed by atoms with Crippen LogP contribution in [0.25, 0.3) is 38.9 Å². The van der Waals surface area contributed by atoms with Crippen molar-refractivity contribution in [3.05, 3.63) is 83.7 Å². The Labute approximate surface area is 181 Å². The molecule has 7 heteroatoms. The molecule has 5 rings (SSSR count). The van der Waals surface area contributed by atoms with Crippen molar-refractivity contribution in [3.63, 3.8) is 0 Å². The Kier molecular flexibility index (Phi) is 4.58. The minimum absolute atomic E-state index is 0.311. The van der Waals surface area contributed by atoms with E-state index in [1.165, 1.54) is 24.3 Å². The molecule has 0 aliphatic carbocycles. The lowest BCUT2D eigenvalue weighted by molar-refractivity contribution is -0.137. The van der Waals surface area contributed by atoms with Gasteiger partial charge in [0.15, 0.2) is 0 Å². The van der Waals surface area contributed by atoms with E-state index in [0.29, 0.717) is 28.5 Å². The van der Waals surface area contributed by atoms with Crippen molar-refractivity contribution >= 4 is 21.9 Å². The molecule has 0 spiro atoms. The highest BCUT2D eigenvalue weighted by atomic mass is 19.4. The number of H-pyrrole nitrogens is 1. The molecular formula is C25H19F4N3. The van der Waals surface area contributed by atoms with Gasteiger partial charge >= 0.3 is 6.18 Å². The van der Waals surface area contributed by atoms with Crippen molar-refractivity contribution in [2.24, 2.45) is 0 Å². The van der Waals surface area contributed by atoms with Crippen LogP contribution >= 0.6 is 0 Å². The molecule has 0 saturated heterocycles. The fourth-order valence-electron chi connectivity index (χ4n) is 3.94. The lowest BCUT2D eigenvalue weighted by Gasteiger charge is -2.07. The van der Waals surface area contributed by atoms with Crippen LogP contribution in [-0.2, 0) is 6.18 Å². The number of benzene rings is 3. The molecule has 0 aliphatic heterocycles. The number of halogens is 4. The minimum atomic E-state index is -4.41. The second-order valence-electron chi connectivity index (χ2n) is 8.12. The molecule has 0 saturated carbocycles. The lowest BCUT2D eigenvalue weighted by atomic mass is 9.99. The monoisotopic (exact) mass is 437 g/mol. The normalized spacial score (nSPS) is 12.3. The third kappa shape index (κ3) is 3.34. The van der Waals surface area contributed by atoms with Crippen LogP contribution in [0.4, 0.5) is 17.6 Å². The van der Waals surface area contributed by atoms with Crippen LogP contribution in [0, 0.1) is 5.82 Å². The molecule has 2 heterocycles. The van der Waals surface area contributed by atoms with Gasteiger partial charge in [-0.25, -0.2) is 9.07 Å². The zero-order chi connectivity index (χ0) is 22.6. The van der Waals surface area contributed by atoms with E-state index < -0.39 is 11.7 Å². The Bertz CT molecular complexity index is 1420. The number of hydrogen-bond donors (Lipinski definition) is 1. The van der Waals surface area contributed by atoms with Gasteiger partial charge in [0.25, 0.3) is 0 Å². The zero-order valence-corrected chi connectivity index (χ0v) is 17.3. The average molecular weight is 437 g/mol. The quantitative estimate of drug-likeness (QED) is 0.292. The van der Waals surface area contributed by atoms with E-state index in [9.17, 15) is 17.6 Å². The summed E-state index contributed by atoms with van der Waals surface area (Å²) in [5, 5.41) is 6.47. The second kappa shape index (κ2) is 7.22. The van der Waals surface area contributed by atoms with Gasteiger partial charge in [0.1, 0.15) is 17.2 Å². The average Bonchev–Trinajstić information content (AvgIpc) is 3.31. The van der Waals surface area contributed by atoms with Crippen LogP contribution in [-0.4, -0.2) is 14.8 Å². The first-order valence-corrected chi connectivity index (χ1v) is 10.2. The van der Waals surface area contributed by atoms with Crippen molar-refractivity contribution in [1.29, 1.82) is 0 Å². The molecule has 0 atom stereocenters. The lowest BCUT2D eigenvalue weighted by Crippen LogP contribution is -2.04. The number of hydrogen-bond acceptors (Lipinski definition) is 1. The van der Waals surface area contributed by atoms with Crippen LogP contribution in [0.1, 0.15) is 30.9 Å². The van der Waals surface area contributed by atoms with Gasteiger partial charge in [0.2, 0.25) is 0 Å². The van der Waals surface area contributed by atoms with Crippen LogP contribution in [0.2, 0.25) is 0 Å². The van der Waals surface area contributed by atoms with Crippen molar-refractivity contribution in [1.82, 2.24) is 14.8 Å². The van der Waals surface area contributed by atoms with Gasteiger partial charge in [-0.05, 0) is 60.0 Å². The highest BCUT2D eigenvalue weighted by Gasteiger charge is 2.30. The minimum Gasteiger partial charge on any atom is -0.339 e. The highest BCUT2D eigenvalue weighted by Crippen LogP contribution is 2.38. The number of fused-ring (bicyclic) bond motifs is 3. The Morgan fingerprint density at radius 3 is 2.22 bits per heavy atom. The molecule has 32 heavy (non-hydrogen) atoms. The third-order valence-corrected chi connectivity index (χ3v) is 5.67. The van der Waals surface area contributed by atoms with E-state index in [0.717, 1.165) is 34.0 Å². The first kappa shape index (κ1) is 20.3. The van der Waals surface area contributed by atoms with Crippen molar-refractivity contribution in [2.75, 3.05) is 0 Å². The number of nitrogens with zero attached hydrogens (tertiary/aromatic N) is 2. The van der Waals surface area contributed by atoms with E-state index in [2.05, 4.69) is 31.0 Å². The first-order valence-electron chi connectivity index (χ1n) is 10.2. The van der Waals surface area contributed by atoms with E-state index in [-0.39, 0.29) is 5.82 Å². The van der Waals surface area contributed by atoms with Crippen LogP contribution in [0.3, 0.4) is 0 Å². The maximum Gasteiger partial charge on any atom is 0.416 e. The smallest absolute Gasteiger partial charge is 0.339 e. The van der Waals surface area contributed by atoms with Gasteiger partial charge in [0, 0.05) is 16.5 Å². The number of rotatable bonds is 3. The van der Waals surface area contributed by atoms with Crippen molar-refractivity contribution < 1.29 is 17.6 Å².